The van der Waals surface area contributed by atoms with E-state index in [0.717, 1.165) is 18.2 Å². The van der Waals surface area contributed by atoms with Gasteiger partial charge in [0.2, 0.25) is 0 Å². The Morgan fingerprint density at radius 2 is 1.48 bits per heavy atom. The molecular formula is C14H16N4O7. The largest absolute Gasteiger partial charge is 0.450 e. The van der Waals surface area contributed by atoms with Crippen molar-refractivity contribution < 1.29 is 24.2 Å². The van der Waals surface area contributed by atoms with Gasteiger partial charge in [-0.15, -0.1) is 0 Å². The first-order chi connectivity index (χ1) is 11.8. The molecule has 0 unspecified atom stereocenters. The molecule has 25 heavy (non-hydrogen) atoms. The minimum absolute atomic E-state index is 0.134. The van der Waals surface area contributed by atoms with Gasteiger partial charge in [0.1, 0.15) is 0 Å². The number of carbonyl (C=O) groups is 2. The first kappa shape index (κ1) is 18.1. The summed E-state index contributed by atoms with van der Waals surface area (Å²) in [6, 6.07) is 2.82. The Balaban J connectivity index is 2.15. The van der Waals surface area contributed by atoms with Gasteiger partial charge in [-0.05, 0) is 6.92 Å². The maximum Gasteiger partial charge on any atom is 0.409 e. The SMILES string of the molecule is CCOC(=O)N1CCN(C(=O)c2cc([N+](=O)[O-])cc([N+](=O)[O-])c2)CC1. The van der Waals surface area contributed by atoms with Crippen LogP contribution < -0.4 is 0 Å². The maximum atomic E-state index is 12.5. The molecule has 1 aliphatic heterocycles. The predicted octanol–water partition coefficient (Wildman–Crippen LogP) is 1.42. The number of amides is 2. The van der Waals surface area contributed by atoms with E-state index in [0.29, 0.717) is 0 Å². The summed E-state index contributed by atoms with van der Waals surface area (Å²) in [5.74, 6) is -0.560. The molecule has 1 heterocycles. The highest BCUT2D eigenvalue weighted by Crippen LogP contribution is 2.24. The molecule has 0 saturated carbocycles. The van der Waals surface area contributed by atoms with Crippen molar-refractivity contribution in [1.29, 1.82) is 0 Å². The lowest BCUT2D eigenvalue weighted by Gasteiger charge is -2.34. The van der Waals surface area contributed by atoms with Crippen LogP contribution in [0, 0.1) is 20.2 Å². The number of rotatable bonds is 4. The summed E-state index contributed by atoms with van der Waals surface area (Å²) < 4.78 is 4.88. The molecule has 1 aliphatic rings. The Kier molecular flexibility index (Phi) is 5.47. The van der Waals surface area contributed by atoms with Crippen LogP contribution >= 0.6 is 0 Å². The third-order valence-electron chi connectivity index (χ3n) is 3.66. The molecule has 11 heteroatoms. The molecule has 0 radical (unpaired) electrons. The zero-order valence-corrected chi connectivity index (χ0v) is 13.4. The zero-order chi connectivity index (χ0) is 18.6. The summed E-state index contributed by atoms with van der Waals surface area (Å²) in [5, 5.41) is 21.8. The van der Waals surface area contributed by atoms with Crippen LogP contribution in [0.4, 0.5) is 16.2 Å². The molecule has 134 valence electrons. The Morgan fingerprint density at radius 1 is 1.00 bits per heavy atom. The number of benzene rings is 1. The van der Waals surface area contributed by atoms with Crippen molar-refractivity contribution in [3.8, 4) is 0 Å². The third-order valence-corrected chi connectivity index (χ3v) is 3.66. The fraction of sp³-hybridized carbons (Fsp3) is 0.429. The van der Waals surface area contributed by atoms with Crippen molar-refractivity contribution in [2.24, 2.45) is 0 Å². The van der Waals surface area contributed by atoms with Gasteiger partial charge in [0, 0.05) is 38.3 Å². The second kappa shape index (κ2) is 7.55. The first-order valence-corrected chi connectivity index (χ1v) is 7.48. The van der Waals surface area contributed by atoms with E-state index in [1.165, 1.54) is 9.80 Å². The van der Waals surface area contributed by atoms with Crippen LogP contribution in [0.3, 0.4) is 0 Å². The molecule has 1 aromatic carbocycles. The van der Waals surface area contributed by atoms with Gasteiger partial charge >= 0.3 is 6.09 Å². The molecule has 0 atom stereocenters. The van der Waals surface area contributed by atoms with Gasteiger partial charge in [-0.1, -0.05) is 0 Å². The summed E-state index contributed by atoms with van der Waals surface area (Å²) in [6.45, 7) is 2.84. The topological polar surface area (TPSA) is 136 Å². The number of carbonyl (C=O) groups excluding carboxylic acids is 2. The van der Waals surface area contributed by atoms with Gasteiger partial charge < -0.3 is 14.5 Å². The molecule has 0 bridgehead atoms. The Bertz CT molecular complexity index is 681. The van der Waals surface area contributed by atoms with Gasteiger partial charge in [0.15, 0.2) is 0 Å². The van der Waals surface area contributed by atoms with Gasteiger partial charge in [-0.2, -0.15) is 0 Å². The summed E-state index contributed by atoms with van der Waals surface area (Å²) in [4.78, 5) is 47.2. The van der Waals surface area contributed by atoms with Crippen LogP contribution in [0.1, 0.15) is 17.3 Å². The predicted molar refractivity (Wildman–Crippen MR) is 84.2 cm³/mol. The highest BCUT2D eigenvalue weighted by atomic mass is 16.6. The normalized spacial score (nSPS) is 14.1. The molecule has 0 aliphatic carbocycles. The van der Waals surface area contributed by atoms with Crippen LogP contribution in [-0.2, 0) is 4.74 Å². The molecule has 2 amide bonds. The molecule has 1 aromatic rings. The Hall–Kier alpha value is -3.24. The minimum atomic E-state index is -0.789. The average Bonchev–Trinajstić information content (AvgIpc) is 2.61. The molecule has 0 aromatic heterocycles. The number of hydrogen-bond acceptors (Lipinski definition) is 7. The molecular weight excluding hydrogens is 336 g/mol. The van der Waals surface area contributed by atoms with E-state index in [1.807, 2.05) is 0 Å². The smallest absolute Gasteiger partial charge is 0.409 e. The van der Waals surface area contributed by atoms with E-state index in [9.17, 15) is 29.8 Å². The highest BCUT2D eigenvalue weighted by molar-refractivity contribution is 5.95. The second-order valence-corrected chi connectivity index (χ2v) is 5.23. The van der Waals surface area contributed by atoms with Crippen LogP contribution in [0.15, 0.2) is 18.2 Å². The molecule has 11 nitrogen and oxygen atoms in total. The van der Waals surface area contributed by atoms with Gasteiger partial charge in [-0.3, -0.25) is 25.0 Å². The average molecular weight is 352 g/mol. The third kappa shape index (κ3) is 4.19. The van der Waals surface area contributed by atoms with Crippen molar-refractivity contribution in [2.75, 3.05) is 32.8 Å². The molecule has 1 fully saturated rings. The van der Waals surface area contributed by atoms with Crippen molar-refractivity contribution in [3.63, 3.8) is 0 Å². The maximum absolute atomic E-state index is 12.5. The fourth-order valence-electron chi connectivity index (χ4n) is 2.42. The van der Waals surface area contributed by atoms with Crippen molar-refractivity contribution in [2.45, 2.75) is 6.92 Å². The van der Waals surface area contributed by atoms with E-state index in [2.05, 4.69) is 0 Å². The number of piperazine rings is 1. The van der Waals surface area contributed by atoms with Gasteiger partial charge in [-0.25, -0.2) is 4.79 Å². The lowest BCUT2D eigenvalue weighted by molar-refractivity contribution is -0.394. The highest BCUT2D eigenvalue weighted by Gasteiger charge is 2.27. The lowest BCUT2D eigenvalue weighted by Crippen LogP contribution is -2.50. The Morgan fingerprint density at radius 3 is 1.92 bits per heavy atom. The minimum Gasteiger partial charge on any atom is -0.450 e. The van der Waals surface area contributed by atoms with E-state index in [4.69, 9.17) is 4.74 Å². The zero-order valence-electron chi connectivity index (χ0n) is 13.4. The molecule has 2 rings (SSSR count). The van der Waals surface area contributed by atoms with Gasteiger partial charge in [0.25, 0.3) is 17.3 Å². The number of hydrogen-bond donors (Lipinski definition) is 0. The standard InChI is InChI=1S/C14H16N4O7/c1-2-25-14(20)16-5-3-15(4-6-16)13(19)10-7-11(17(21)22)9-12(8-10)18(23)24/h7-9H,2-6H2,1H3. The van der Waals surface area contributed by atoms with Gasteiger partial charge in [0.05, 0.1) is 28.1 Å². The summed E-state index contributed by atoms with van der Waals surface area (Å²) in [5.41, 5.74) is -1.18. The van der Waals surface area contributed by atoms with Crippen molar-refractivity contribution in [1.82, 2.24) is 9.80 Å². The number of ether oxygens (including phenoxy) is 1. The molecule has 0 N–H and O–H groups in total. The van der Waals surface area contributed by atoms with Crippen LogP contribution in [-0.4, -0.2) is 64.4 Å². The number of nitro benzene ring substituents is 2. The number of nitrogens with zero attached hydrogens (tertiary/aromatic N) is 4. The van der Waals surface area contributed by atoms with E-state index < -0.39 is 33.2 Å². The van der Waals surface area contributed by atoms with Crippen molar-refractivity contribution >= 4 is 23.4 Å². The van der Waals surface area contributed by atoms with E-state index in [-0.39, 0.29) is 38.3 Å². The van der Waals surface area contributed by atoms with E-state index in [1.54, 1.807) is 6.92 Å². The van der Waals surface area contributed by atoms with Crippen LogP contribution in [0.5, 0.6) is 0 Å². The number of non-ortho nitro benzene ring substituents is 2. The summed E-state index contributed by atoms with van der Waals surface area (Å²) in [6.07, 6.45) is -0.472. The fourth-order valence-corrected chi connectivity index (χ4v) is 2.42. The Labute approximate surface area is 142 Å². The summed E-state index contributed by atoms with van der Waals surface area (Å²) in [7, 11) is 0. The quantitative estimate of drug-likeness (QED) is 0.590. The summed E-state index contributed by atoms with van der Waals surface area (Å²) >= 11 is 0. The van der Waals surface area contributed by atoms with Crippen LogP contribution in [0.25, 0.3) is 0 Å². The van der Waals surface area contributed by atoms with Crippen LogP contribution in [0.2, 0.25) is 0 Å². The monoisotopic (exact) mass is 352 g/mol. The first-order valence-electron chi connectivity index (χ1n) is 7.48. The second-order valence-electron chi connectivity index (χ2n) is 5.23. The lowest BCUT2D eigenvalue weighted by atomic mass is 10.1. The molecule has 1 saturated heterocycles. The van der Waals surface area contributed by atoms with E-state index >= 15 is 0 Å². The van der Waals surface area contributed by atoms with Crippen molar-refractivity contribution in [3.05, 3.63) is 44.0 Å². The molecule has 0 spiro atoms. The number of nitro groups is 2.